The number of thioether (sulfide) groups is 1. The van der Waals surface area contributed by atoms with Gasteiger partial charge in [0.15, 0.2) is 0 Å². The summed E-state index contributed by atoms with van der Waals surface area (Å²) in [5, 5.41) is 2.92. The summed E-state index contributed by atoms with van der Waals surface area (Å²) in [6, 6.07) is 12.9. The number of nitrogens with one attached hydrogen (secondary N) is 1. The van der Waals surface area contributed by atoms with Crippen LogP contribution < -0.4 is 5.32 Å². The molecule has 0 saturated carbocycles. The van der Waals surface area contributed by atoms with Gasteiger partial charge in [0.05, 0.1) is 11.4 Å². The van der Waals surface area contributed by atoms with E-state index in [1.165, 1.54) is 0 Å². The second-order valence-electron chi connectivity index (χ2n) is 5.68. The van der Waals surface area contributed by atoms with Crippen LogP contribution in [0.4, 0.5) is 0 Å². The van der Waals surface area contributed by atoms with E-state index < -0.39 is 6.04 Å². The number of rotatable bonds is 4. The van der Waals surface area contributed by atoms with Crippen LogP contribution in [0.5, 0.6) is 0 Å². The molecule has 1 unspecified atom stereocenters. The van der Waals surface area contributed by atoms with Crippen molar-refractivity contribution < 1.29 is 9.59 Å². The summed E-state index contributed by atoms with van der Waals surface area (Å²) in [6.45, 7) is 2.34. The predicted molar refractivity (Wildman–Crippen MR) is 94.5 cm³/mol. The van der Waals surface area contributed by atoms with Gasteiger partial charge in [-0.15, -0.1) is 11.8 Å². The number of nitrogens with zero attached hydrogens (tertiary/aromatic N) is 2. The molecule has 1 aliphatic rings. The molecule has 0 bridgehead atoms. The fraction of sp³-hybridized carbons (Fsp3) is 0.278. The molecule has 24 heavy (non-hydrogen) atoms. The van der Waals surface area contributed by atoms with Crippen molar-refractivity contribution in [1.29, 1.82) is 0 Å². The molecule has 1 aliphatic heterocycles. The number of carbonyl (C=O) groups excluding carboxylic acids is 2. The topological polar surface area (TPSA) is 62.3 Å². The lowest BCUT2D eigenvalue weighted by molar-refractivity contribution is -0.124. The molecule has 2 heterocycles. The van der Waals surface area contributed by atoms with Crippen LogP contribution in [-0.4, -0.2) is 39.4 Å². The summed E-state index contributed by atoms with van der Waals surface area (Å²) in [7, 11) is 0. The maximum Gasteiger partial charge on any atom is 0.256 e. The van der Waals surface area contributed by atoms with Gasteiger partial charge in [-0.3, -0.25) is 14.6 Å². The van der Waals surface area contributed by atoms with Crippen molar-refractivity contribution in [1.82, 2.24) is 15.2 Å². The Kier molecular flexibility index (Phi) is 5.15. The zero-order valence-corrected chi connectivity index (χ0v) is 14.3. The Bertz CT molecular complexity index is 719. The van der Waals surface area contributed by atoms with Gasteiger partial charge in [0, 0.05) is 24.2 Å². The zero-order chi connectivity index (χ0) is 16.9. The number of aryl methyl sites for hydroxylation is 1. The average molecular weight is 341 g/mol. The van der Waals surface area contributed by atoms with E-state index in [1.54, 1.807) is 35.0 Å². The van der Waals surface area contributed by atoms with Gasteiger partial charge < -0.3 is 10.2 Å². The molecule has 5 nitrogen and oxygen atoms in total. The second kappa shape index (κ2) is 7.49. The number of carbonyl (C=O) groups is 2. The molecular weight excluding hydrogens is 322 g/mol. The van der Waals surface area contributed by atoms with Gasteiger partial charge in [-0.1, -0.05) is 30.3 Å². The van der Waals surface area contributed by atoms with Crippen molar-refractivity contribution in [3.63, 3.8) is 0 Å². The van der Waals surface area contributed by atoms with Gasteiger partial charge in [-0.05, 0) is 24.6 Å². The lowest BCUT2D eigenvalue weighted by atomic mass is 10.2. The molecule has 1 fully saturated rings. The maximum absolute atomic E-state index is 12.6. The first-order valence-corrected chi connectivity index (χ1v) is 8.93. The van der Waals surface area contributed by atoms with Gasteiger partial charge in [0.1, 0.15) is 6.04 Å². The van der Waals surface area contributed by atoms with Gasteiger partial charge in [-0.2, -0.15) is 0 Å². The van der Waals surface area contributed by atoms with Crippen LogP contribution in [0.15, 0.2) is 48.7 Å². The molecule has 124 valence electrons. The highest BCUT2D eigenvalue weighted by Crippen LogP contribution is 2.23. The Labute approximate surface area is 145 Å². The van der Waals surface area contributed by atoms with E-state index in [0.717, 1.165) is 11.3 Å². The summed E-state index contributed by atoms with van der Waals surface area (Å²) in [5.74, 6) is 0.881. The summed E-state index contributed by atoms with van der Waals surface area (Å²) in [4.78, 5) is 30.9. The highest BCUT2D eigenvalue weighted by molar-refractivity contribution is 7.99. The number of benzene rings is 1. The number of aromatic nitrogens is 1. The highest BCUT2D eigenvalue weighted by atomic mass is 32.2. The minimum absolute atomic E-state index is 0.114. The fourth-order valence-corrected chi connectivity index (χ4v) is 3.68. The van der Waals surface area contributed by atoms with Gasteiger partial charge in [-0.25, -0.2) is 0 Å². The molecule has 0 aliphatic carbocycles. The second-order valence-corrected chi connectivity index (χ2v) is 6.68. The first kappa shape index (κ1) is 16.5. The Morgan fingerprint density at radius 3 is 2.75 bits per heavy atom. The van der Waals surface area contributed by atoms with Crippen LogP contribution in [0, 0.1) is 6.92 Å². The Balaban J connectivity index is 1.65. The van der Waals surface area contributed by atoms with Crippen molar-refractivity contribution in [3.8, 4) is 0 Å². The van der Waals surface area contributed by atoms with Gasteiger partial charge in [0.25, 0.3) is 5.91 Å². The average Bonchev–Trinajstić information content (AvgIpc) is 3.10. The van der Waals surface area contributed by atoms with E-state index in [1.807, 2.05) is 37.3 Å². The highest BCUT2D eigenvalue weighted by Gasteiger charge is 2.35. The van der Waals surface area contributed by atoms with Crippen molar-refractivity contribution in [3.05, 3.63) is 65.5 Å². The van der Waals surface area contributed by atoms with Crippen molar-refractivity contribution in [2.24, 2.45) is 0 Å². The summed E-state index contributed by atoms with van der Waals surface area (Å²) >= 11 is 1.59. The Morgan fingerprint density at radius 1 is 1.25 bits per heavy atom. The van der Waals surface area contributed by atoms with Crippen LogP contribution in [0.25, 0.3) is 0 Å². The van der Waals surface area contributed by atoms with Crippen molar-refractivity contribution in [2.75, 3.05) is 11.6 Å². The first-order valence-electron chi connectivity index (χ1n) is 7.78. The van der Waals surface area contributed by atoms with Crippen LogP contribution >= 0.6 is 11.8 Å². The van der Waals surface area contributed by atoms with Crippen LogP contribution in [0.1, 0.15) is 21.6 Å². The molecule has 1 atom stereocenters. The zero-order valence-electron chi connectivity index (χ0n) is 13.4. The van der Waals surface area contributed by atoms with E-state index >= 15 is 0 Å². The normalized spacial score (nSPS) is 16.9. The fourth-order valence-electron chi connectivity index (χ4n) is 2.52. The van der Waals surface area contributed by atoms with E-state index in [-0.39, 0.29) is 11.8 Å². The Hall–Kier alpha value is -2.34. The molecule has 1 aromatic heterocycles. The number of hydrogen-bond acceptors (Lipinski definition) is 4. The number of hydrogen-bond donors (Lipinski definition) is 1. The van der Waals surface area contributed by atoms with E-state index in [0.29, 0.717) is 23.7 Å². The van der Waals surface area contributed by atoms with Crippen molar-refractivity contribution in [2.45, 2.75) is 19.5 Å². The third-order valence-electron chi connectivity index (χ3n) is 3.91. The van der Waals surface area contributed by atoms with Crippen molar-refractivity contribution >= 4 is 23.6 Å². The SMILES string of the molecule is Cc1ccc(C(=O)N2CSCC2C(=O)NCc2ccccc2)cn1. The van der Waals surface area contributed by atoms with Gasteiger partial charge in [0.2, 0.25) is 5.91 Å². The largest absolute Gasteiger partial charge is 0.350 e. The van der Waals surface area contributed by atoms with Gasteiger partial charge >= 0.3 is 0 Å². The third-order valence-corrected chi connectivity index (χ3v) is 4.93. The van der Waals surface area contributed by atoms with E-state index in [2.05, 4.69) is 10.3 Å². The summed E-state index contributed by atoms with van der Waals surface area (Å²) in [5.41, 5.74) is 2.42. The minimum atomic E-state index is -0.437. The molecule has 0 spiro atoms. The maximum atomic E-state index is 12.6. The first-order chi connectivity index (χ1) is 11.6. The standard InChI is InChI=1S/C18H19N3O2S/c1-13-7-8-15(10-19-13)18(23)21-12-24-11-16(21)17(22)20-9-14-5-3-2-4-6-14/h2-8,10,16H,9,11-12H2,1H3,(H,20,22). The molecular formula is C18H19N3O2S. The minimum Gasteiger partial charge on any atom is -0.350 e. The smallest absolute Gasteiger partial charge is 0.256 e. The number of pyridine rings is 1. The quantitative estimate of drug-likeness (QED) is 0.926. The molecule has 0 radical (unpaired) electrons. The molecule has 2 aromatic rings. The summed E-state index contributed by atoms with van der Waals surface area (Å²) in [6.07, 6.45) is 1.57. The molecule has 6 heteroatoms. The van der Waals surface area contributed by atoms with E-state index in [9.17, 15) is 9.59 Å². The van der Waals surface area contributed by atoms with E-state index in [4.69, 9.17) is 0 Å². The number of amides is 2. The Morgan fingerprint density at radius 2 is 2.04 bits per heavy atom. The molecule has 1 aromatic carbocycles. The molecule has 1 N–H and O–H groups in total. The molecule has 2 amide bonds. The van der Waals surface area contributed by atoms with Crippen LogP contribution in [0.2, 0.25) is 0 Å². The predicted octanol–water partition coefficient (Wildman–Crippen LogP) is 2.22. The summed E-state index contributed by atoms with van der Waals surface area (Å²) < 4.78 is 0. The lowest BCUT2D eigenvalue weighted by Crippen LogP contribution is -2.47. The molecule has 3 rings (SSSR count). The lowest BCUT2D eigenvalue weighted by Gasteiger charge is -2.23. The van der Waals surface area contributed by atoms with Crippen LogP contribution in [0.3, 0.4) is 0 Å². The molecule has 1 saturated heterocycles. The van der Waals surface area contributed by atoms with Crippen LogP contribution in [-0.2, 0) is 11.3 Å². The third kappa shape index (κ3) is 3.76. The monoisotopic (exact) mass is 341 g/mol.